The third kappa shape index (κ3) is 2.99. The van der Waals surface area contributed by atoms with Gasteiger partial charge in [0.2, 0.25) is 0 Å². The molecule has 2 unspecified atom stereocenters. The zero-order chi connectivity index (χ0) is 5.15. The van der Waals surface area contributed by atoms with E-state index in [-0.39, 0.29) is 6.85 Å². The van der Waals surface area contributed by atoms with Gasteiger partial charge in [-0.1, -0.05) is 0 Å². The van der Waals surface area contributed by atoms with E-state index in [2.05, 4.69) is 8.93 Å². The Morgan fingerprint density at radius 1 is 3.00 bits per heavy atom. The lowest BCUT2D eigenvalue weighted by Crippen LogP contribution is -1.65. The van der Waals surface area contributed by atoms with Crippen LogP contribution in [0.3, 0.4) is 0 Å². The molecule has 0 heterocycles. The first-order chi connectivity index (χ1) is 2.64. The molecule has 0 fully saturated rings. The van der Waals surface area contributed by atoms with Crippen molar-refractivity contribution >= 4 is 31.6 Å². The summed E-state index contributed by atoms with van der Waals surface area (Å²) in [6.07, 6.45) is 0. The fraction of sp³-hybridized carbons (Fsp3) is 0. The molecular formula is H6B2P2. The molecule has 0 radical (unpaired) electrons. The van der Waals surface area contributed by atoms with Crippen molar-refractivity contribution in [3.8, 4) is 0 Å². The van der Waals surface area contributed by atoms with Crippen LogP contribution < -0.4 is 0 Å². The molecule has 4 heavy (non-hydrogen) atoms. The minimum Gasteiger partial charge on any atom is -0.150 e. The zero-order valence-electron chi connectivity index (χ0n) is 4.60. The maximum Gasteiger partial charge on any atom is 0.114 e. The Morgan fingerprint density at radius 3 is 3.25 bits per heavy atom. The Bertz CT molecular complexity index is 30.5. The van der Waals surface area contributed by atoms with Gasteiger partial charge in [0.1, 0.15) is 6.85 Å². The average molecular weight is 92.6 g/mol. The van der Waals surface area contributed by atoms with Crippen molar-refractivity contribution in [1.29, 1.82) is 2.61 Å². The molecule has 0 bridgehead atoms. The van der Waals surface area contributed by atoms with E-state index in [0.717, 1.165) is 0 Å². The minimum atomic E-state index is -0.826. The molecule has 0 aromatic carbocycles. The molecule has 0 aliphatic carbocycles. The van der Waals surface area contributed by atoms with E-state index in [4.69, 9.17) is 2.61 Å². The Morgan fingerprint density at radius 2 is 3.25 bits per heavy atom. The van der Waals surface area contributed by atoms with Crippen molar-refractivity contribution in [2.75, 3.05) is 0 Å². The van der Waals surface area contributed by atoms with Crippen molar-refractivity contribution in [1.82, 2.24) is 0 Å². The normalized spacial score (nSPS) is 21.2. The quantitative estimate of drug-likeness (QED) is 0.298. The number of rotatable bonds is 1. The van der Waals surface area contributed by atoms with Crippen LogP contribution in [0.4, 0.5) is 0 Å². The summed E-state index contributed by atoms with van der Waals surface area (Å²) in [5, 5.41) is 0. The second-order valence-electron chi connectivity index (χ2n) is 0.407. The average Bonchev–Trinajstić information content (AvgIpc) is 1.36. The summed E-state index contributed by atoms with van der Waals surface area (Å²) in [6, 6.07) is 0. The SMILES string of the molecule is [2H]P(P)B([3H])B. The first kappa shape index (κ1) is 2.21. The van der Waals surface area contributed by atoms with Crippen molar-refractivity contribution in [2.45, 2.75) is 0 Å². The Hall–Kier alpha value is 0.990. The summed E-state index contributed by atoms with van der Waals surface area (Å²) in [4.78, 5) is 0. The Kier molecular flexibility index (Phi) is 2.21. The van der Waals surface area contributed by atoms with E-state index in [0.29, 0.717) is 0 Å². The fourth-order valence-corrected chi connectivity index (χ4v) is 0. The summed E-state index contributed by atoms with van der Waals surface area (Å²) < 4.78 is 13.7. The molecule has 0 nitrogen and oxygen atoms in total. The van der Waals surface area contributed by atoms with Gasteiger partial charge in [-0.3, -0.25) is 0 Å². The third-order valence-electron chi connectivity index (χ3n) is 0.149. The van der Waals surface area contributed by atoms with Crippen molar-refractivity contribution in [3.63, 3.8) is 0 Å². The van der Waals surface area contributed by atoms with Crippen LogP contribution in [0.2, 0.25) is 0 Å². The molecule has 0 aromatic rings. The highest BCUT2D eigenvalue weighted by molar-refractivity contribution is 8.20. The van der Waals surface area contributed by atoms with Crippen LogP contribution in [0.1, 0.15) is 0 Å². The molecule has 0 aliphatic rings. The lowest BCUT2D eigenvalue weighted by atomic mass is 9.79. The summed E-state index contributed by atoms with van der Waals surface area (Å²) in [5.74, 6) is 0. The molecule has 0 aromatic heterocycles. The van der Waals surface area contributed by atoms with Crippen molar-refractivity contribution in [3.05, 3.63) is 0 Å². The highest BCUT2D eigenvalue weighted by Crippen LogP contribution is 2.13. The smallest absolute Gasteiger partial charge is 0.114 e. The largest absolute Gasteiger partial charge is 0.150 e. The second-order valence-corrected chi connectivity index (χ2v) is 2.12. The molecule has 0 N–H and O–H groups in total. The van der Waals surface area contributed by atoms with Crippen LogP contribution in [0.15, 0.2) is 0 Å². The van der Waals surface area contributed by atoms with E-state index in [1.807, 2.05) is 0 Å². The van der Waals surface area contributed by atoms with E-state index in [1.165, 1.54) is 0 Å². The van der Waals surface area contributed by atoms with E-state index >= 15 is 0 Å². The van der Waals surface area contributed by atoms with Crippen LogP contribution in [-0.2, 0) is 0 Å². The third-order valence-corrected chi connectivity index (χ3v) is 1.34. The molecule has 0 saturated heterocycles. The van der Waals surface area contributed by atoms with Gasteiger partial charge in [0.05, 0.1) is 9.02 Å². The van der Waals surface area contributed by atoms with Crippen LogP contribution in [0.25, 0.3) is 0 Å². The zero-order valence-corrected chi connectivity index (χ0v) is 4.65. The van der Waals surface area contributed by atoms with Crippen LogP contribution in [0, 0.1) is 0 Å². The first-order valence-electron chi connectivity index (χ1n) is 2.12. The molecule has 22 valence electrons. The van der Waals surface area contributed by atoms with Gasteiger partial charge in [0, 0.05) is 0 Å². The predicted molar refractivity (Wildman–Crippen MR) is 33.7 cm³/mol. The summed E-state index contributed by atoms with van der Waals surface area (Å²) in [5.41, 5.74) is 0. The van der Waals surface area contributed by atoms with Crippen molar-refractivity contribution in [2.24, 2.45) is 0 Å². The van der Waals surface area contributed by atoms with E-state index < -0.39 is 8.09 Å². The van der Waals surface area contributed by atoms with Gasteiger partial charge < -0.3 is 0 Å². The molecule has 4 heteroatoms. The molecular weight excluding hydrogens is 83.6 g/mol. The monoisotopic (exact) mass is 93.0 g/mol. The molecule has 0 rings (SSSR count). The van der Waals surface area contributed by atoms with Crippen LogP contribution in [0.5, 0.6) is 0 Å². The van der Waals surface area contributed by atoms with Gasteiger partial charge >= 0.3 is 0 Å². The minimum absolute atomic E-state index is 0.204. The fourth-order valence-electron chi connectivity index (χ4n) is 0. The second kappa shape index (κ2) is 3.99. The maximum absolute atomic E-state index is 6.87. The molecule has 0 amide bonds. The lowest BCUT2D eigenvalue weighted by Gasteiger charge is -1.65. The summed E-state index contributed by atoms with van der Waals surface area (Å²) in [6.45, 7) is -0.204. The molecule has 0 spiro atoms. The lowest BCUT2D eigenvalue weighted by molar-refractivity contribution is 4.48. The standard InChI is InChI=1S/B2H6P2/c1-2-4-3/h2,4H,1,3H2/i2T,4D. The molecule has 0 aliphatic heterocycles. The van der Waals surface area contributed by atoms with Gasteiger partial charge in [-0.2, -0.15) is 0 Å². The van der Waals surface area contributed by atoms with Gasteiger partial charge in [0.25, 0.3) is 0 Å². The van der Waals surface area contributed by atoms with Gasteiger partial charge in [0.15, 0.2) is 0 Å². The Labute approximate surface area is 35.2 Å². The van der Waals surface area contributed by atoms with Gasteiger partial charge in [-0.25, -0.2) is 0 Å². The highest BCUT2D eigenvalue weighted by atomic mass is 32.0. The van der Waals surface area contributed by atoms with Crippen LogP contribution in [-0.4, -0.2) is 17.2 Å². The first-order valence-corrected chi connectivity index (χ1v) is 3.68. The maximum atomic E-state index is 6.87. The Balaban J connectivity index is 2.99. The predicted octanol–water partition coefficient (Wildman–Crippen LogP) is -0.645. The summed E-state index contributed by atoms with van der Waals surface area (Å²) in [7, 11) is 3.22. The summed E-state index contributed by atoms with van der Waals surface area (Å²) >= 11 is 0. The van der Waals surface area contributed by atoms with E-state index in [9.17, 15) is 0 Å². The molecule has 2 atom stereocenters. The van der Waals surface area contributed by atoms with Crippen molar-refractivity contribution < 1.29 is 0 Å². The van der Waals surface area contributed by atoms with E-state index in [1.54, 1.807) is 7.74 Å². The van der Waals surface area contributed by atoms with Gasteiger partial charge in [-0.05, 0) is 1.34 Å². The number of hydrogen-bond donors (Lipinski definition) is 0. The van der Waals surface area contributed by atoms with Crippen LogP contribution >= 0.6 is 17.0 Å². The highest BCUT2D eigenvalue weighted by Gasteiger charge is 1.61. The topological polar surface area (TPSA) is 0 Å². The molecule has 0 saturated carbocycles. The van der Waals surface area contributed by atoms with Gasteiger partial charge in [-0.15, -0.1) is 17.0 Å². The number of hydrogen-bond acceptors (Lipinski definition) is 0.